The van der Waals surface area contributed by atoms with Gasteiger partial charge >= 0.3 is 12.4 Å². The molecule has 0 nitrogen and oxygen atoms in total. The van der Waals surface area contributed by atoms with Crippen molar-refractivity contribution in [3.05, 3.63) is 117 Å². The largest absolute Gasteiger partial charge is 0.416 e. The topological polar surface area (TPSA) is 0 Å². The third-order valence-corrected chi connectivity index (χ3v) is 8.36. The van der Waals surface area contributed by atoms with E-state index in [0.717, 1.165) is 65.3 Å². The average Bonchev–Trinajstić information content (AvgIpc) is 2.90. The molecule has 0 radical (unpaired) electrons. The lowest BCUT2D eigenvalue weighted by atomic mass is 9.76. The summed E-state index contributed by atoms with van der Waals surface area (Å²) in [7, 11) is 0. The Kier molecular flexibility index (Phi) is 6.04. The third kappa shape index (κ3) is 4.70. The van der Waals surface area contributed by atoms with E-state index >= 15 is 0 Å². The molecular formula is C32H26F6. The highest BCUT2D eigenvalue weighted by Gasteiger charge is 2.33. The molecule has 6 heteroatoms. The molecule has 0 spiro atoms. The minimum Gasteiger partial charge on any atom is -0.166 e. The summed E-state index contributed by atoms with van der Waals surface area (Å²) in [5.74, 6) is 0.0669. The van der Waals surface area contributed by atoms with Gasteiger partial charge < -0.3 is 0 Å². The zero-order chi connectivity index (χ0) is 26.7. The Balaban J connectivity index is 1.30. The quantitative estimate of drug-likeness (QED) is 0.229. The Hall–Kier alpha value is -3.28. The van der Waals surface area contributed by atoms with Crippen LogP contribution in [0.15, 0.2) is 72.8 Å². The second-order valence-corrected chi connectivity index (χ2v) is 10.7. The van der Waals surface area contributed by atoms with Gasteiger partial charge in [-0.25, -0.2) is 0 Å². The van der Waals surface area contributed by atoms with E-state index in [9.17, 15) is 26.3 Å². The lowest BCUT2D eigenvalue weighted by Gasteiger charge is -2.29. The molecule has 4 aromatic rings. The number of rotatable bonds is 2. The molecule has 38 heavy (non-hydrogen) atoms. The monoisotopic (exact) mass is 524 g/mol. The van der Waals surface area contributed by atoms with Crippen molar-refractivity contribution in [1.29, 1.82) is 0 Å². The van der Waals surface area contributed by atoms with Crippen LogP contribution in [0.5, 0.6) is 0 Å². The van der Waals surface area contributed by atoms with Gasteiger partial charge in [-0.15, -0.1) is 0 Å². The highest BCUT2D eigenvalue weighted by atomic mass is 19.4. The first-order valence-corrected chi connectivity index (χ1v) is 13.0. The number of alkyl halides is 6. The van der Waals surface area contributed by atoms with Crippen molar-refractivity contribution in [3.8, 4) is 0 Å². The third-order valence-electron chi connectivity index (χ3n) is 8.36. The molecule has 2 unspecified atom stereocenters. The van der Waals surface area contributed by atoms with Gasteiger partial charge in [-0.05, 0) is 107 Å². The molecule has 2 atom stereocenters. The van der Waals surface area contributed by atoms with Crippen molar-refractivity contribution in [1.82, 2.24) is 0 Å². The number of fused-ring (bicyclic) bond motifs is 4. The Morgan fingerprint density at radius 1 is 0.553 bits per heavy atom. The molecule has 2 aliphatic rings. The Morgan fingerprint density at radius 2 is 1.13 bits per heavy atom. The molecule has 0 amide bonds. The molecule has 4 aromatic carbocycles. The van der Waals surface area contributed by atoms with Crippen LogP contribution in [0.25, 0.3) is 10.8 Å². The molecule has 0 heterocycles. The fourth-order valence-corrected chi connectivity index (χ4v) is 6.37. The highest BCUT2D eigenvalue weighted by Crippen LogP contribution is 2.41. The first-order valence-electron chi connectivity index (χ1n) is 13.0. The minimum atomic E-state index is -4.36. The van der Waals surface area contributed by atoms with Crippen molar-refractivity contribution in [2.45, 2.75) is 62.7 Å². The van der Waals surface area contributed by atoms with Crippen molar-refractivity contribution < 1.29 is 26.3 Å². The lowest BCUT2D eigenvalue weighted by Crippen LogP contribution is -2.16. The van der Waals surface area contributed by atoms with Crippen LogP contribution in [0.4, 0.5) is 26.3 Å². The van der Waals surface area contributed by atoms with Gasteiger partial charge in [0.05, 0.1) is 11.1 Å². The standard InChI is InChI=1S/C32H26F6/c33-31(34,35)27-5-1-3-19(16-27)21-7-8-23-14-25-10-9-24-13-22(11-12-29(24)30(25)18-26(23)15-21)20-4-2-6-28(17-20)32(36,37)38/h1-6,9-10,14,16-18,21-22H,7-8,11-13,15H2. The van der Waals surface area contributed by atoms with Gasteiger partial charge in [0.15, 0.2) is 0 Å². The van der Waals surface area contributed by atoms with Crippen molar-refractivity contribution >= 4 is 10.8 Å². The Labute approximate surface area is 217 Å². The first-order chi connectivity index (χ1) is 18.1. The molecule has 0 N–H and O–H groups in total. The van der Waals surface area contributed by atoms with E-state index in [-0.39, 0.29) is 11.8 Å². The maximum Gasteiger partial charge on any atom is 0.416 e. The predicted octanol–water partition coefficient (Wildman–Crippen LogP) is 9.42. The number of halogens is 6. The molecular weight excluding hydrogens is 498 g/mol. The van der Waals surface area contributed by atoms with Crippen LogP contribution >= 0.6 is 0 Å². The SMILES string of the molecule is FC(F)(F)c1cccc(C2CCc3cc4ccc5c(c4cc3C2)CCC(c2cccc(C(F)(F)F)c2)C5)c1. The molecule has 0 aliphatic heterocycles. The maximum absolute atomic E-state index is 13.3. The molecule has 2 aliphatic carbocycles. The average molecular weight is 525 g/mol. The molecule has 6 rings (SSSR count). The number of aryl methyl sites for hydroxylation is 2. The molecule has 0 saturated heterocycles. The highest BCUT2D eigenvalue weighted by molar-refractivity contribution is 5.88. The molecule has 0 fully saturated rings. The van der Waals surface area contributed by atoms with Gasteiger partial charge in [0.2, 0.25) is 0 Å². The fourth-order valence-electron chi connectivity index (χ4n) is 6.37. The predicted molar refractivity (Wildman–Crippen MR) is 136 cm³/mol. The van der Waals surface area contributed by atoms with Crippen LogP contribution in [0.1, 0.15) is 69.2 Å². The van der Waals surface area contributed by atoms with Crippen LogP contribution < -0.4 is 0 Å². The summed E-state index contributed by atoms with van der Waals surface area (Å²) in [6.07, 6.45) is -4.14. The van der Waals surface area contributed by atoms with Crippen molar-refractivity contribution in [2.24, 2.45) is 0 Å². The van der Waals surface area contributed by atoms with Crippen LogP contribution in [-0.2, 0) is 38.0 Å². The smallest absolute Gasteiger partial charge is 0.166 e. The molecule has 0 aromatic heterocycles. The summed E-state index contributed by atoms with van der Waals surface area (Å²) < 4.78 is 79.5. The number of hydrogen-bond acceptors (Lipinski definition) is 0. The summed E-state index contributed by atoms with van der Waals surface area (Å²) >= 11 is 0. The minimum absolute atomic E-state index is 0.0326. The second-order valence-electron chi connectivity index (χ2n) is 10.7. The summed E-state index contributed by atoms with van der Waals surface area (Å²) in [6.45, 7) is 0. The van der Waals surface area contributed by atoms with E-state index in [1.165, 1.54) is 41.0 Å². The lowest BCUT2D eigenvalue weighted by molar-refractivity contribution is -0.138. The number of hydrogen-bond donors (Lipinski definition) is 0. The van der Waals surface area contributed by atoms with Gasteiger partial charge in [-0.1, -0.05) is 60.7 Å². The Bertz CT molecular complexity index is 1510. The summed E-state index contributed by atoms with van der Waals surface area (Å²) in [6, 6.07) is 20.0. The van der Waals surface area contributed by atoms with Crippen LogP contribution in [0.2, 0.25) is 0 Å². The van der Waals surface area contributed by atoms with E-state index in [1.54, 1.807) is 12.1 Å². The zero-order valence-corrected chi connectivity index (χ0v) is 20.6. The Morgan fingerprint density at radius 3 is 1.74 bits per heavy atom. The van der Waals surface area contributed by atoms with Gasteiger partial charge in [0, 0.05) is 0 Å². The van der Waals surface area contributed by atoms with E-state index < -0.39 is 23.5 Å². The molecule has 196 valence electrons. The summed E-state index contributed by atoms with van der Waals surface area (Å²) in [4.78, 5) is 0. The van der Waals surface area contributed by atoms with Crippen LogP contribution in [0.3, 0.4) is 0 Å². The van der Waals surface area contributed by atoms with Gasteiger partial charge in [0.25, 0.3) is 0 Å². The van der Waals surface area contributed by atoms with Gasteiger partial charge in [-0.3, -0.25) is 0 Å². The van der Waals surface area contributed by atoms with Crippen LogP contribution in [0, 0.1) is 0 Å². The summed E-state index contributed by atoms with van der Waals surface area (Å²) in [5, 5.41) is 2.31. The van der Waals surface area contributed by atoms with Crippen molar-refractivity contribution in [3.63, 3.8) is 0 Å². The van der Waals surface area contributed by atoms with Crippen LogP contribution in [-0.4, -0.2) is 0 Å². The first kappa shape index (κ1) is 25.0. The van der Waals surface area contributed by atoms with E-state index in [2.05, 4.69) is 24.3 Å². The molecule has 0 saturated carbocycles. The second kappa shape index (κ2) is 9.18. The normalized spacial score (nSPS) is 19.7. The van der Waals surface area contributed by atoms with E-state index in [4.69, 9.17) is 0 Å². The fraction of sp³-hybridized carbons (Fsp3) is 0.312. The van der Waals surface area contributed by atoms with Crippen molar-refractivity contribution in [2.75, 3.05) is 0 Å². The van der Waals surface area contributed by atoms with E-state index in [0.29, 0.717) is 12.8 Å². The zero-order valence-electron chi connectivity index (χ0n) is 20.6. The van der Waals surface area contributed by atoms with Gasteiger partial charge in [-0.2, -0.15) is 26.3 Å². The molecule has 0 bridgehead atoms. The summed E-state index contributed by atoms with van der Waals surface area (Å²) in [5.41, 5.74) is 5.07. The van der Waals surface area contributed by atoms with E-state index in [1.807, 2.05) is 0 Å². The maximum atomic E-state index is 13.3. The van der Waals surface area contributed by atoms with Gasteiger partial charge in [0.1, 0.15) is 0 Å². The number of benzene rings is 4.